The monoisotopic (exact) mass is 322 g/mol. The van der Waals surface area contributed by atoms with Crippen molar-refractivity contribution < 1.29 is 8.91 Å². The molecule has 2 N–H and O–H groups in total. The molecular weight excluding hydrogens is 314 g/mol. The molecule has 2 aromatic carbocycles. The van der Waals surface area contributed by atoms with Crippen LogP contribution in [0.15, 0.2) is 47.0 Å². The Morgan fingerprint density at radius 2 is 1.81 bits per heavy atom. The van der Waals surface area contributed by atoms with Crippen LogP contribution < -0.4 is 5.73 Å². The molecule has 0 aliphatic carbocycles. The fourth-order valence-corrected chi connectivity index (χ4v) is 2.37. The third-order valence-corrected chi connectivity index (χ3v) is 3.79. The lowest BCUT2D eigenvalue weighted by molar-refractivity contribution is 0.439. The topological polar surface area (TPSA) is 52.0 Å². The summed E-state index contributed by atoms with van der Waals surface area (Å²) in [6.45, 7) is 0. The highest BCUT2D eigenvalue weighted by atomic mass is 35.5. The lowest BCUT2D eigenvalue weighted by Crippen LogP contribution is -1.90. The number of hydrogen-bond donors (Lipinski definition) is 1. The molecule has 0 amide bonds. The van der Waals surface area contributed by atoms with E-state index >= 15 is 0 Å². The van der Waals surface area contributed by atoms with Crippen LogP contribution in [0.25, 0.3) is 22.4 Å². The highest BCUT2D eigenvalue weighted by Crippen LogP contribution is 2.38. The van der Waals surface area contributed by atoms with E-state index < -0.39 is 5.82 Å². The molecule has 0 atom stereocenters. The SMILES string of the molecule is Nc1onc(-c2ccc(Cl)c(Cl)c2)c1-c1ccccc1F. The van der Waals surface area contributed by atoms with Crippen LogP contribution in [0, 0.1) is 5.82 Å². The minimum absolute atomic E-state index is 0.0428. The molecule has 6 heteroatoms. The van der Waals surface area contributed by atoms with E-state index in [2.05, 4.69) is 5.16 Å². The molecule has 0 bridgehead atoms. The summed E-state index contributed by atoms with van der Waals surface area (Å²) >= 11 is 11.9. The van der Waals surface area contributed by atoms with Crippen LogP contribution in [0.3, 0.4) is 0 Å². The fraction of sp³-hybridized carbons (Fsp3) is 0. The van der Waals surface area contributed by atoms with Crippen LogP contribution in [0.2, 0.25) is 10.0 Å². The van der Waals surface area contributed by atoms with Gasteiger partial charge in [-0.1, -0.05) is 52.6 Å². The second kappa shape index (κ2) is 5.39. The van der Waals surface area contributed by atoms with Crippen molar-refractivity contribution in [1.82, 2.24) is 5.16 Å². The Balaban J connectivity index is 2.22. The molecule has 3 aromatic rings. The fourth-order valence-electron chi connectivity index (χ4n) is 2.07. The minimum atomic E-state index is -0.409. The third kappa shape index (κ3) is 2.48. The van der Waals surface area contributed by atoms with Gasteiger partial charge in [0, 0.05) is 11.1 Å². The van der Waals surface area contributed by atoms with Crippen LogP contribution >= 0.6 is 23.2 Å². The zero-order valence-electron chi connectivity index (χ0n) is 10.6. The summed E-state index contributed by atoms with van der Waals surface area (Å²) in [5.41, 5.74) is 7.56. The van der Waals surface area contributed by atoms with Gasteiger partial charge >= 0.3 is 0 Å². The highest BCUT2D eigenvalue weighted by Gasteiger charge is 2.20. The smallest absolute Gasteiger partial charge is 0.230 e. The predicted octanol–water partition coefficient (Wildman–Crippen LogP) is 5.04. The average Bonchev–Trinajstić information content (AvgIpc) is 2.84. The zero-order valence-corrected chi connectivity index (χ0v) is 12.1. The van der Waals surface area contributed by atoms with Crippen molar-refractivity contribution in [3.05, 3.63) is 58.3 Å². The van der Waals surface area contributed by atoms with E-state index in [-0.39, 0.29) is 5.88 Å². The summed E-state index contributed by atoms with van der Waals surface area (Å²) in [5, 5.41) is 4.70. The Labute approximate surface area is 130 Å². The Morgan fingerprint density at radius 1 is 1.05 bits per heavy atom. The molecule has 0 saturated heterocycles. The van der Waals surface area contributed by atoms with Gasteiger partial charge in [-0.3, -0.25) is 0 Å². The molecule has 0 spiro atoms. The van der Waals surface area contributed by atoms with Gasteiger partial charge in [-0.2, -0.15) is 0 Å². The van der Waals surface area contributed by atoms with E-state index in [9.17, 15) is 4.39 Å². The number of benzene rings is 2. The number of rotatable bonds is 2. The summed E-state index contributed by atoms with van der Waals surface area (Å²) < 4.78 is 19.0. The van der Waals surface area contributed by atoms with E-state index in [1.165, 1.54) is 6.07 Å². The summed E-state index contributed by atoms with van der Waals surface area (Å²) in [4.78, 5) is 0. The van der Waals surface area contributed by atoms with Crippen molar-refractivity contribution in [2.24, 2.45) is 0 Å². The lowest BCUT2D eigenvalue weighted by Gasteiger charge is -2.05. The van der Waals surface area contributed by atoms with E-state index in [0.717, 1.165) is 0 Å². The van der Waals surface area contributed by atoms with E-state index in [4.69, 9.17) is 33.5 Å². The van der Waals surface area contributed by atoms with Crippen molar-refractivity contribution in [2.45, 2.75) is 0 Å². The molecule has 0 saturated carbocycles. The Hall–Kier alpha value is -2.04. The molecule has 3 nitrogen and oxygen atoms in total. The summed E-state index contributed by atoms with van der Waals surface area (Å²) in [6, 6.07) is 11.3. The number of nitrogen functional groups attached to an aromatic ring is 1. The van der Waals surface area contributed by atoms with Gasteiger partial charge in [0.1, 0.15) is 11.5 Å². The number of anilines is 1. The molecular formula is C15H9Cl2FN2O. The second-order valence-electron chi connectivity index (χ2n) is 4.38. The van der Waals surface area contributed by atoms with Crippen LogP contribution in [0.1, 0.15) is 0 Å². The van der Waals surface area contributed by atoms with Crippen LogP contribution in [0.4, 0.5) is 10.3 Å². The van der Waals surface area contributed by atoms with E-state index in [1.807, 2.05) is 0 Å². The highest BCUT2D eigenvalue weighted by molar-refractivity contribution is 6.42. The number of aromatic nitrogens is 1. The molecule has 3 rings (SSSR count). The molecule has 1 aromatic heterocycles. The van der Waals surface area contributed by atoms with Gasteiger partial charge in [0.2, 0.25) is 5.88 Å². The van der Waals surface area contributed by atoms with E-state index in [1.54, 1.807) is 36.4 Å². The maximum atomic E-state index is 14.0. The summed E-state index contributed by atoms with van der Waals surface area (Å²) in [7, 11) is 0. The van der Waals surface area contributed by atoms with Gasteiger partial charge in [-0.05, 0) is 18.2 Å². The first-order chi connectivity index (χ1) is 10.1. The first-order valence-corrected chi connectivity index (χ1v) is 6.79. The second-order valence-corrected chi connectivity index (χ2v) is 5.19. The molecule has 1 heterocycles. The zero-order chi connectivity index (χ0) is 15.0. The van der Waals surface area contributed by atoms with Gasteiger partial charge in [0.25, 0.3) is 0 Å². The maximum Gasteiger partial charge on any atom is 0.230 e. The van der Waals surface area contributed by atoms with Gasteiger partial charge in [0.05, 0.1) is 15.6 Å². The Bertz CT molecular complexity index is 817. The maximum absolute atomic E-state index is 14.0. The minimum Gasteiger partial charge on any atom is -0.367 e. The Morgan fingerprint density at radius 3 is 2.52 bits per heavy atom. The van der Waals surface area contributed by atoms with Gasteiger partial charge in [0.15, 0.2) is 0 Å². The van der Waals surface area contributed by atoms with Gasteiger partial charge < -0.3 is 10.3 Å². The van der Waals surface area contributed by atoms with Crippen molar-refractivity contribution >= 4 is 29.1 Å². The van der Waals surface area contributed by atoms with E-state index in [0.29, 0.717) is 32.4 Å². The standard InChI is InChI=1S/C15H9Cl2FN2O/c16-10-6-5-8(7-11(10)17)14-13(15(19)21-20-14)9-3-1-2-4-12(9)18/h1-7H,19H2. The number of hydrogen-bond acceptors (Lipinski definition) is 3. The molecule has 0 unspecified atom stereocenters. The van der Waals surface area contributed by atoms with Crippen LogP contribution in [-0.2, 0) is 0 Å². The van der Waals surface area contributed by atoms with Gasteiger partial charge in [-0.15, -0.1) is 0 Å². The Kier molecular flexibility index (Phi) is 3.57. The molecule has 106 valence electrons. The van der Waals surface area contributed by atoms with Crippen molar-refractivity contribution in [2.75, 3.05) is 5.73 Å². The van der Waals surface area contributed by atoms with Crippen molar-refractivity contribution in [3.63, 3.8) is 0 Å². The first kappa shape index (κ1) is 13.9. The number of nitrogens with two attached hydrogens (primary N) is 1. The lowest BCUT2D eigenvalue weighted by atomic mass is 10.0. The normalized spacial score (nSPS) is 10.8. The van der Waals surface area contributed by atoms with Gasteiger partial charge in [-0.25, -0.2) is 4.39 Å². The molecule has 0 radical (unpaired) electrons. The number of nitrogens with zero attached hydrogens (tertiary/aromatic N) is 1. The van der Waals surface area contributed by atoms with Crippen molar-refractivity contribution in [1.29, 1.82) is 0 Å². The van der Waals surface area contributed by atoms with Crippen LogP contribution in [0.5, 0.6) is 0 Å². The quantitative estimate of drug-likeness (QED) is 0.719. The number of halogens is 3. The molecule has 0 aliphatic rings. The molecule has 0 aliphatic heterocycles. The van der Waals surface area contributed by atoms with Crippen LogP contribution in [-0.4, -0.2) is 5.16 Å². The average molecular weight is 323 g/mol. The summed E-state index contributed by atoms with van der Waals surface area (Å²) in [5.74, 6) is -0.366. The first-order valence-electron chi connectivity index (χ1n) is 6.03. The van der Waals surface area contributed by atoms with Crippen molar-refractivity contribution in [3.8, 4) is 22.4 Å². The molecule has 21 heavy (non-hydrogen) atoms. The summed E-state index contributed by atoms with van der Waals surface area (Å²) in [6.07, 6.45) is 0. The molecule has 0 fully saturated rings. The largest absolute Gasteiger partial charge is 0.367 e. The predicted molar refractivity (Wildman–Crippen MR) is 81.8 cm³/mol. The third-order valence-electron chi connectivity index (χ3n) is 3.05.